The largest absolute Gasteiger partial charge is 0.356 e. The van der Waals surface area contributed by atoms with Crippen LogP contribution in [0.5, 0.6) is 0 Å². The van der Waals surface area contributed by atoms with Gasteiger partial charge in [0.1, 0.15) is 0 Å². The summed E-state index contributed by atoms with van der Waals surface area (Å²) in [7, 11) is 0. The number of amides is 1. The summed E-state index contributed by atoms with van der Waals surface area (Å²) in [6.45, 7) is 1.35. The Hall–Kier alpha value is -1.35. The molecule has 18 heavy (non-hydrogen) atoms. The summed E-state index contributed by atoms with van der Waals surface area (Å²) in [5.74, 6) is 0.728. The third-order valence-corrected chi connectivity index (χ3v) is 3.85. The zero-order chi connectivity index (χ0) is 12.8. The van der Waals surface area contributed by atoms with E-state index in [0.717, 1.165) is 32.2 Å². The molecule has 0 aromatic heterocycles. The molecular weight excluding hydrogens is 224 g/mol. The summed E-state index contributed by atoms with van der Waals surface area (Å²) in [6.07, 6.45) is 4.14. The van der Waals surface area contributed by atoms with Crippen molar-refractivity contribution in [1.29, 1.82) is 0 Å². The molecule has 1 aromatic rings. The van der Waals surface area contributed by atoms with Crippen LogP contribution in [0.25, 0.3) is 0 Å². The molecule has 1 aliphatic carbocycles. The van der Waals surface area contributed by atoms with Gasteiger partial charge in [-0.3, -0.25) is 4.79 Å². The Morgan fingerprint density at radius 2 is 2.06 bits per heavy atom. The van der Waals surface area contributed by atoms with Gasteiger partial charge in [-0.2, -0.15) is 0 Å². The monoisotopic (exact) mass is 246 g/mol. The highest BCUT2D eigenvalue weighted by molar-refractivity contribution is 5.79. The van der Waals surface area contributed by atoms with Crippen molar-refractivity contribution in [2.45, 2.75) is 25.7 Å². The molecule has 2 unspecified atom stereocenters. The normalized spacial score (nSPS) is 22.9. The van der Waals surface area contributed by atoms with Crippen molar-refractivity contribution in [3.8, 4) is 0 Å². The second-order valence-electron chi connectivity index (χ2n) is 5.06. The van der Waals surface area contributed by atoms with Gasteiger partial charge < -0.3 is 11.1 Å². The summed E-state index contributed by atoms with van der Waals surface area (Å²) >= 11 is 0. The number of hydrogen-bond acceptors (Lipinski definition) is 2. The lowest BCUT2D eigenvalue weighted by Crippen LogP contribution is -2.36. The number of carbonyl (C=O) groups excluding carboxylic acids is 1. The van der Waals surface area contributed by atoms with Crippen LogP contribution in [0.3, 0.4) is 0 Å². The molecule has 0 heterocycles. The fourth-order valence-corrected chi connectivity index (χ4v) is 2.77. The molecule has 98 valence electrons. The van der Waals surface area contributed by atoms with Crippen molar-refractivity contribution in [1.82, 2.24) is 5.32 Å². The fourth-order valence-electron chi connectivity index (χ4n) is 2.77. The van der Waals surface area contributed by atoms with Crippen molar-refractivity contribution >= 4 is 5.91 Å². The van der Waals surface area contributed by atoms with E-state index >= 15 is 0 Å². The quantitative estimate of drug-likeness (QED) is 0.831. The molecule has 1 fully saturated rings. The van der Waals surface area contributed by atoms with Crippen LogP contribution in [0.4, 0.5) is 0 Å². The van der Waals surface area contributed by atoms with Crippen molar-refractivity contribution in [3.05, 3.63) is 35.9 Å². The van der Waals surface area contributed by atoms with Crippen LogP contribution in [0.1, 0.15) is 24.8 Å². The molecular formula is C15H22N2O. The number of rotatable bonds is 5. The number of carbonyl (C=O) groups is 1. The third kappa shape index (κ3) is 3.33. The van der Waals surface area contributed by atoms with E-state index < -0.39 is 0 Å². The maximum atomic E-state index is 12.0. The first-order valence-corrected chi connectivity index (χ1v) is 6.83. The molecule has 2 rings (SSSR count). The van der Waals surface area contributed by atoms with Crippen LogP contribution in [0.2, 0.25) is 0 Å². The van der Waals surface area contributed by atoms with Gasteiger partial charge in [0.25, 0.3) is 0 Å². The standard InChI is InChI=1S/C15H22N2O/c16-11-13-7-4-8-14(13)15(18)17-10-9-12-5-2-1-3-6-12/h1-3,5-6,13-14H,4,7-11,16H2,(H,17,18). The zero-order valence-electron chi connectivity index (χ0n) is 10.8. The average molecular weight is 246 g/mol. The van der Waals surface area contributed by atoms with Gasteiger partial charge in [-0.15, -0.1) is 0 Å². The molecule has 1 aromatic carbocycles. The molecule has 0 bridgehead atoms. The van der Waals surface area contributed by atoms with Gasteiger partial charge in [-0.1, -0.05) is 36.8 Å². The van der Waals surface area contributed by atoms with Gasteiger partial charge in [-0.05, 0) is 37.3 Å². The Morgan fingerprint density at radius 1 is 1.28 bits per heavy atom. The van der Waals surface area contributed by atoms with Gasteiger partial charge in [0.2, 0.25) is 5.91 Å². The summed E-state index contributed by atoms with van der Waals surface area (Å²) in [5, 5.41) is 3.04. The molecule has 3 N–H and O–H groups in total. The molecule has 1 amide bonds. The van der Waals surface area contributed by atoms with Crippen LogP contribution in [-0.4, -0.2) is 19.0 Å². The molecule has 1 saturated carbocycles. The minimum absolute atomic E-state index is 0.144. The van der Waals surface area contributed by atoms with Crippen molar-refractivity contribution in [3.63, 3.8) is 0 Å². The highest BCUT2D eigenvalue weighted by atomic mass is 16.1. The number of nitrogens with one attached hydrogen (secondary N) is 1. The fraction of sp³-hybridized carbons (Fsp3) is 0.533. The molecule has 1 aliphatic rings. The molecule has 0 spiro atoms. The van der Waals surface area contributed by atoms with E-state index in [4.69, 9.17) is 5.73 Å². The Balaban J connectivity index is 1.75. The van der Waals surface area contributed by atoms with Crippen LogP contribution >= 0.6 is 0 Å². The SMILES string of the molecule is NCC1CCCC1C(=O)NCCc1ccccc1. The van der Waals surface area contributed by atoms with Crippen molar-refractivity contribution in [2.75, 3.05) is 13.1 Å². The van der Waals surface area contributed by atoms with E-state index in [0.29, 0.717) is 12.5 Å². The van der Waals surface area contributed by atoms with Crippen molar-refractivity contribution < 1.29 is 4.79 Å². The first kappa shape index (κ1) is 13.1. The van der Waals surface area contributed by atoms with E-state index in [9.17, 15) is 4.79 Å². The minimum atomic E-state index is 0.144. The average Bonchev–Trinajstić information content (AvgIpc) is 2.88. The Morgan fingerprint density at radius 3 is 2.78 bits per heavy atom. The molecule has 3 heteroatoms. The molecule has 0 aliphatic heterocycles. The maximum Gasteiger partial charge on any atom is 0.223 e. The summed E-state index contributed by atoms with van der Waals surface area (Å²) < 4.78 is 0. The molecule has 3 nitrogen and oxygen atoms in total. The predicted octanol–water partition coefficient (Wildman–Crippen LogP) is 1.72. The van der Waals surface area contributed by atoms with Gasteiger partial charge in [-0.25, -0.2) is 0 Å². The Labute approximate surface area is 109 Å². The highest BCUT2D eigenvalue weighted by Gasteiger charge is 2.31. The van der Waals surface area contributed by atoms with Gasteiger partial charge >= 0.3 is 0 Å². The smallest absolute Gasteiger partial charge is 0.223 e. The van der Waals surface area contributed by atoms with Gasteiger partial charge in [0.15, 0.2) is 0 Å². The maximum absolute atomic E-state index is 12.0. The lowest BCUT2D eigenvalue weighted by Gasteiger charge is -2.17. The van der Waals surface area contributed by atoms with E-state index in [1.807, 2.05) is 18.2 Å². The summed E-state index contributed by atoms with van der Waals surface area (Å²) in [6, 6.07) is 10.2. The van der Waals surface area contributed by atoms with Gasteiger partial charge in [0, 0.05) is 12.5 Å². The number of hydrogen-bond donors (Lipinski definition) is 2. The topological polar surface area (TPSA) is 55.1 Å². The lowest BCUT2D eigenvalue weighted by atomic mass is 9.95. The Kier molecular flexibility index (Phi) is 4.76. The Bertz CT molecular complexity index is 377. The van der Waals surface area contributed by atoms with Gasteiger partial charge in [0.05, 0.1) is 0 Å². The minimum Gasteiger partial charge on any atom is -0.356 e. The van der Waals surface area contributed by atoms with Crippen LogP contribution in [0, 0.1) is 11.8 Å². The molecule has 2 atom stereocenters. The summed E-state index contributed by atoms with van der Waals surface area (Å²) in [4.78, 5) is 12.0. The first-order chi connectivity index (χ1) is 8.81. The highest BCUT2D eigenvalue weighted by Crippen LogP contribution is 2.30. The number of nitrogens with two attached hydrogens (primary N) is 1. The van der Waals surface area contributed by atoms with Crippen LogP contribution in [-0.2, 0) is 11.2 Å². The lowest BCUT2D eigenvalue weighted by molar-refractivity contribution is -0.125. The zero-order valence-corrected chi connectivity index (χ0v) is 10.8. The van der Waals surface area contributed by atoms with Crippen molar-refractivity contribution in [2.24, 2.45) is 17.6 Å². The van der Waals surface area contributed by atoms with E-state index in [1.54, 1.807) is 0 Å². The second kappa shape index (κ2) is 6.55. The second-order valence-corrected chi connectivity index (χ2v) is 5.06. The molecule has 0 saturated heterocycles. The van der Waals surface area contributed by atoms with E-state index in [2.05, 4.69) is 17.4 Å². The summed E-state index contributed by atoms with van der Waals surface area (Å²) in [5.41, 5.74) is 6.97. The predicted molar refractivity (Wildman–Crippen MR) is 73.0 cm³/mol. The number of benzene rings is 1. The van der Waals surface area contributed by atoms with E-state index in [-0.39, 0.29) is 11.8 Å². The first-order valence-electron chi connectivity index (χ1n) is 6.83. The third-order valence-electron chi connectivity index (χ3n) is 3.85. The van der Waals surface area contributed by atoms with Crippen LogP contribution in [0.15, 0.2) is 30.3 Å². The van der Waals surface area contributed by atoms with E-state index in [1.165, 1.54) is 5.56 Å². The van der Waals surface area contributed by atoms with Crippen LogP contribution < -0.4 is 11.1 Å². The molecule has 0 radical (unpaired) electrons.